The highest BCUT2D eigenvalue weighted by Crippen LogP contribution is 2.48. The Labute approximate surface area is 137 Å². The van der Waals surface area contributed by atoms with Gasteiger partial charge in [-0.1, -0.05) is 41.4 Å². The normalized spacial score (nSPS) is 28.8. The molecule has 4 nitrogen and oxygen atoms in total. The lowest BCUT2D eigenvalue weighted by Crippen LogP contribution is -2.34. The third-order valence-corrected chi connectivity index (χ3v) is 5.12. The number of halogens is 2. The van der Waals surface area contributed by atoms with Crippen LogP contribution in [-0.4, -0.2) is 17.0 Å². The monoisotopic (exact) mass is 340 g/mol. The number of aliphatic carboxylic acids is 1. The molecule has 0 amide bonds. The van der Waals surface area contributed by atoms with E-state index in [-0.39, 0.29) is 18.4 Å². The Hall–Kier alpha value is -1.52. The highest BCUT2D eigenvalue weighted by Gasteiger charge is 2.52. The van der Waals surface area contributed by atoms with Gasteiger partial charge >= 0.3 is 11.9 Å². The van der Waals surface area contributed by atoms with Crippen LogP contribution < -0.4 is 0 Å². The minimum absolute atomic E-state index is 0.0348. The molecule has 1 saturated carbocycles. The predicted octanol–water partition coefficient (Wildman–Crippen LogP) is 3.56. The Kier molecular flexibility index (Phi) is 4.15. The minimum atomic E-state index is -0.937. The van der Waals surface area contributed by atoms with Crippen LogP contribution in [0.5, 0.6) is 0 Å². The maximum Gasteiger partial charge on any atom is 0.310 e. The van der Waals surface area contributed by atoms with Crippen molar-refractivity contribution in [1.29, 1.82) is 0 Å². The summed E-state index contributed by atoms with van der Waals surface area (Å²) in [6.07, 6.45) is 4.53. The molecule has 0 spiro atoms. The van der Waals surface area contributed by atoms with Gasteiger partial charge in [0.05, 0.1) is 21.9 Å². The summed E-state index contributed by atoms with van der Waals surface area (Å²) in [5, 5.41) is 10.2. The van der Waals surface area contributed by atoms with E-state index in [1.54, 1.807) is 18.2 Å². The zero-order valence-electron chi connectivity index (χ0n) is 11.5. The quantitative estimate of drug-likeness (QED) is 0.672. The van der Waals surface area contributed by atoms with Crippen LogP contribution in [-0.2, 0) is 20.9 Å². The van der Waals surface area contributed by atoms with Gasteiger partial charge in [-0.15, -0.1) is 0 Å². The lowest BCUT2D eigenvalue weighted by Gasteiger charge is -2.23. The van der Waals surface area contributed by atoms with Crippen LogP contribution in [0.3, 0.4) is 0 Å². The van der Waals surface area contributed by atoms with Gasteiger partial charge in [-0.05, 0) is 36.0 Å². The summed E-state index contributed by atoms with van der Waals surface area (Å²) in [6.45, 7) is 0.0552. The van der Waals surface area contributed by atoms with Gasteiger partial charge in [-0.2, -0.15) is 0 Å². The molecule has 6 heteroatoms. The number of allylic oxidation sites excluding steroid dienone is 2. The molecule has 0 unspecified atom stereocenters. The van der Waals surface area contributed by atoms with Gasteiger partial charge in [0.2, 0.25) is 0 Å². The first-order valence-electron chi connectivity index (χ1n) is 6.99. The number of carbonyl (C=O) groups excluding carboxylic acids is 1. The van der Waals surface area contributed by atoms with E-state index >= 15 is 0 Å². The number of carboxylic acids is 1. The number of hydrogen-bond acceptors (Lipinski definition) is 3. The third kappa shape index (κ3) is 2.73. The van der Waals surface area contributed by atoms with Crippen molar-refractivity contribution in [2.75, 3.05) is 0 Å². The molecule has 0 saturated heterocycles. The molecule has 116 valence electrons. The fourth-order valence-corrected chi connectivity index (χ4v) is 3.68. The average molecular weight is 341 g/mol. The molecule has 0 heterocycles. The summed E-state index contributed by atoms with van der Waals surface area (Å²) in [6, 6.07) is 4.98. The van der Waals surface area contributed by atoms with E-state index < -0.39 is 23.8 Å². The lowest BCUT2D eigenvalue weighted by atomic mass is 9.83. The van der Waals surface area contributed by atoms with Crippen molar-refractivity contribution >= 4 is 35.1 Å². The largest absolute Gasteiger partial charge is 0.481 e. The van der Waals surface area contributed by atoms with Crippen LogP contribution in [0.4, 0.5) is 0 Å². The molecule has 1 fully saturated rings. The first-order chi connectivity index (χ1) is 10.5. The standard InChI is InChI=1S/C16H14Cl2O4/c17-11-4-1-8(5-12(11)18)7-22-16(21)14-10-3-2-9(6-10)13(14)15(19)20/h1-5,9-10,13-14H,6-7H2,(H,19,20)/t9-,10+,13-,14-/m0/s1. The Balaban J connectivity index is 1.68. The predicted molar refractivity (Wildman–Crippen MR) is 81.6 cm³/mol. The van der Waals surface area contributed by atoms with Gasteiger partial charge in [0.15, 0.2) is 0 Å². The summed E-state index contributed by atoms with van der Waals surface area (Å²) in [4.78, 5) is 23.7. The van der Waals surface area contributed by atoms with E-state index in [9.17, 15) is 14.7 Å². The van der Waals surface area contributed by atoms with Crippen molar-refractivity contribution < 1.29 is 19.4 Å². The Morgan fingerprint density at radius 1 is 1.14 bits per heavy atom. The van der Waals surface area contributed by atoms with Crippen LogP contribution in [0.1, 0.15) is 12.0 Å². The third-order valence-electron chi connectivity index (χ3n) is 4.38. The second kappa shape index (κ2) is 5.94. The average Bonchev–Trinajstić information content (AvgIpc) is 3.08. The van der Waals surface area contributed by atoms with Crippen LogP contribution >= 0.6 is 23.2 Å². The number of carbonyl (C=O) groups is 2. The van der Waals surface area contributed by atoms with Crippen LogP contribution in [0.2, 0.25) is 10.0 Å². The lowest BCUT2D eigenvalue weighted by molar-refractivity contribution is -0.159. The van der Waals surface area contributed by atoms with E-state index in [1.165, 1.54) is 0 Å². The van der Waals surface area contributed by atoms with Gasteiger partial charge < -0.3 is 9.84 Å². The molecule has 0 radical (unpaired) electrons. The molecule has 2 aliphatic carbocycles. The van der Waals surface area contributed by atoms with Crippen molar-refractivity contribution in [3.05, 3.63) is 46.0 Å². The van der Waals surface area contributed by atoms with Crippen molar-refractivity contribution in [3.63, 3.8) is 0 Å². The second-order valence-corrected chi connectivity index (χ2v) is 6.51. The fourth-order valence-electron chi connectivity index (χ4n) is 3.36. The molecular weight excluding hydrogens is 327 g/mol. The number of benzene rings is 1. The highest BCUT2D eigenvalue weighted by molar-refractivity contribution is 6.42. The van der Waals surface area contributed by atoms with Crippen molar-refractivity contribution in [2.45, 2.75) is 13.0 Å². The molecule has 0 aromatic heterocycles. The first-order valence-corrected chi connectivity index (χ1v) is 7.74. The SMILES string of the molecule is O=C(OCc1ccc(Cl)c(Cl)c1)[C@@H]1[C@@H](C(=O)O)[C@H]2C=C[C@@H]1C2. The van der Waals surface area contributed by atoms with Crippen molar-refractivity contribution in [3.8, 4) is 0 Å². The Bertz CT molecular complexity index is 656. The van der Waals surface area contributed by atoms with E-state index in [0.717, 1.165) is 0 Å². The number of fused-ring (bicyclic) bond motifs is 2. The molecular formula is C16H14Cl2O4. The van der Waals surface area contributed by atoms with Gasteiger partial charge in [-0.25, -0.2) is 0 Å². The molecule has 1 N–H and O–H groups in total. The summed E-state index contributed by atoms with van der Waals surface area (Å²) >= 11 is 11.7. The zero-order chi connectivity index (χ0) is 15.9. The molecule has 2 aliphatic rings. The Morgan fingerprint density at radius 2 is 1.82 bits per heavy atom. The van der Waals surface area contributed by atoms with Gasteiger partial charge in [-0.3, -0.25) is 9.59 Å². The fraction of sp³-hybridized carbons (Fsp3) is 0.375. The molecule has 4 atom stereocenters. The van der Waals surface area contributed by atoms with Crippen LogP contribution in [0.25, 0.3) is 0 Å². The van der Waals surface area contributed by atoms with Crippen molar-refractivity contribution in [1.82, 2.24) is 0 Å². The summed E-state index contributed by atoms with van der Waals surface area (Å²) in [7, 11) is 0. The number of rotatable bonds is 4. The maximum atomic E-state index is 12.3. The van der Waals surface area contributed by atoms with Gasteiger partial charge in [0, 0.05) is 0 Å². The Morgan fingerprint density at radius 3 is 2.45 bits per heavy atom. The second-order valence-electron chi connectivity index (χ2n) is 5.69. The smallest absolute Gasteiger partial charge is 0.310 e. The van der Waals surface area contributed by atoms with Crippen LogP contribution in [0.15, 0.2) is 30.4 Å². The van der Waals surface area contributed by atoms with E-state index in [1.807, 2.05) is 12.2 Å². The van der Waals surface area contributed by atoms with Gasteiger partial charge in [0.1, 0.15) is 6.61 Å². The molecule has 1 aromatic rings. The zero-order valence-corrected chi connectivity index (χ0v) is 13.1. The first kappa shape index (κ1) is 15.4. The molecule has 2 bridgehead atoms. The molecule has 3 rings (SSSR count). The minimum Gasteiger partial charge on any atom is -0.481 e. The van der Waals surface area contributed by atoms with E-state index in [4.69, 9.17) is 27.9 Å². The van der Waals surface area contributed by atoms with E-state index in [0.29, 0.717) is 22.0 Å². The molecule has 22 heavy (non-hydrogen) atoms. The summed E-state index contributed by atoms with van der Waals surface area (Å²) in [5.74, 6) is -2.78. The summed E-state index contributed by atoms with van der Waals surface area (Å²) < 4.78 is 5.30. The maximum absolute atomic E-state index is 12.3. The van der Waals surface area contributed by atoms with E-state index in [2.05, 4.69) is 0 Å². The van der Waals surface area contributed by atoms with Gasteiger partial charge in [0.25, 0.3) is 0 Å². The summed E-state index contributed by atoms with van der Waals surface area (Å²) in [5.41, 5.74) is 0.716. The topological polar surface area (TPSA) is 63.6 Å². The number of hydrogen-bond donors (Lipinski definition) is 1. The van der Waals surface area contributed by atoms with Crippen molar-refractivity contribution in [2.24, 2.45) is 23.7 Å². The highest BCUT2D eigenvalue weighted by atomic mass is 35.5. The number of ether oxygens (including phenoxy) is 1. The van der Waals surface area contributed by atoms with Crippen LogP contribution in [0, 0.1) is 23.7 Å². The molecule has 1 aromatic carbocycles. The number of esters is 1. The number of carboxylic acid groups (broad SMARTS) is 1. The molecule has 0 aliphatic heterocycles.